The smallest absolute Gasteiger partial charge is 0.151 e. The van der Waals surface area contributed by atoms with Crippen LogP contribution in [0.3, 0.4) is 0 Å². The number of benzene rings is 1. The lowest BCUT2D eigenvalue weighted by Crippen LogP contribution is -1.73. The summed E-state index contributed by atoms with van der Waals surface area (Å²) in [6.07, 6.45) is 1.62. The number of halogens is 1. The van der Waals surface area contributed by atoms with Crippen LogP contribution in [0.2, 0.25) is 0 Å². The monoisotopic (exact) mass is 220 g/mol. The van der Waals surface area contributed by atoms with E-state index in [0.717, 1.165) is 10.4 Å². The molecule has 4 nitrogen and oxygen atoms in total. The van der Waals surface area contributed by atoms with Crippen LogP contribution in [0.1, 0.15) is 0 Å². The van der Waals surface area contributed by atoms with Crippen molar-refractivity contribution in [3.05, 3.63) is 30.2 Å². The van der Waals surface area contributed by atoms with Crippen LogP contribution in [-0.2, 0) is 0 Å². The van der Waals surface area contributed by atoms with Crippen molar-refractivity contribution in [2.45, 2.75) is 0 Å². The molecule has 74 valence electrons. The Morgan fingerprint density at radius 3 is 3.07 bits per heavy atom. The van der Waals surface area contributed by atoms with Gasteiger partial charge in [0.05, 0.1) is 17.2 Å². The Morgan fingerprint density at radius 1 is 1.33 bits per heavy atom. The van der Waals surface area contributed by atoms with Gasteiger partial charge in [-0.1, -0.05) is 4.49 Å². The van der Waals surface area contributed by atoms with Crippen LogP contribution < -0.4 is 0 Å². The highest BCUT2D eigenvalue weighted by Crippen LogP contribution is 2.22. The van der Waals surface area contributed by atoms with E-state index in [1.165, 1.54) is 23.7 Å². The summed E-state index contributed by atoms with van der Waals surface area (Å²) in [5.41, 5.74) is 1.42. The highest BCUT2D eigenvalue weighted by atomic mass is 32.1. The van der Waals surface area contributed by atoms with Crippen molar-refractivity contribution in [2.24, 2.45) is 0 Å². The molecule has 2 aromatic heterocycles. The number of hydrogen-bond donors (Lipinski definition) is 1. The van der Waals surface area contributed by atoms with Crippen LogP contribution in [-0.4, -0.2) is 19.6 Å². The molecule has 0 amide bonds. The minimum atomic E-state index is -0.278. The minimum Gasteiger partial charge on any atom is -0.337 e. The molecule has 0 saturated heterocycles. The number of H-pyrrole nitrogens is 1. The zero-order chi connectivity index (χ0) is 10.3. The first-order valence-corrected chi connectivity index (χ1v) is 5.03. The van der Waals surface area contributed by atoms with E-state index < -0.39 is 0 Å². The molecule has 0 spiro atoms. The average Bonchev–Trinajstić information content (AvgIpc) is 2.84. The zero-order valence-electron chi connectivity index (χ0n) is 7.44. The van der Waals surface area contributed by atoms with Gasteiger partial charge in [0.2, 0.25) is 0 Å². The summed E-state index contributed by atoms with van der Waals surface area (Å²) in [6.45, 7) is 0. The third kappa shape index (κ3) is 1.39. The van der Waals surface area contributed by atoms with Gasteiger partial charge in [-0.15, -0.1) is 5.10 Å². The Balaban J connectivity index is 2.22. The Bertz CT molecular complexity index is 602. The second-order valence-electron chi connectivity index (χ2n) is 3.03. The Hall–Kier alpha value is -1.82. The predicted octanol–water partition coefficient (Wildman–Crippen LogP) is 2.22. The van der Waals surface area contributed by atoms with Crippen LogP contribution >= 0.6 is 11.5 Å². The SMILES string of the molecule is Fc1ccc2nc(-c3cnns3)[nH]c2c1. The molecule has 15 heavy (non-hydrogen) atoms. The molecule has 3 aromatic rings. The summed E-state index contributed by atoms with van der Waals surface area (Å²) in [6, 6.07) is 4.44. The lowest BCUT2D eigenvalue weighted by atomic mass is 10.3. The number of aromatic nitrogens is 4. The Kier molecular flexibility index (Phi) is 1.75. The van der Waals surface area contributed by atoms with E-state index in [1.807, 2.05) is 0 Å². The highest BCUT2D eigenvalue weighted by Gasteiger charge is 2.07. The summed E-state index contributed by atoms with van der Waals surface area (Å²) in [5, 5.41) is 3.72. The first kappa shape index (κ1) is 8.49. The molecule has 2 heterocycles. The molecule has 1 N–H and O–H groups in total. The van der Waals surface area contributed by atoms with E-state index in [2.05, 4.69) is 19.6 Å². The maximum atomic E-state index is 12.9. The number of fused-ring (bicyclic) bond motifs is 1. The van der Waals surface area contributed by atoms with Gasteiger partial charge in [0.1, 0.15) is 10.7 Å². The van der Waals surface area contributed by atoms with Crippen LogP contribution in [0.25, 0.3) is 21.7 Å². The van der Waals surface area contributed by atoms with Gasteiger partial charge in [-0.25, -0.2) is 9.37 Å². The van der Waals surface area contributed by atoms with Crippen molar-refractivity contribution in [1.29, 1.82) is 0 Å². The third-order valence-corrected chi connectivity index (χ3v) is 2.71. The topological polar surface area (TPSA) is 54.5 Å². The fourth-order valence-corrected chi connectivity index (χ4v) is 1.83. The van der Waals surface area contributed by atoms with Gasteiger partial charge in [-0.05, 0) is 29.7 Å². The van der Waals surface area contributed by atoms with E-state index >= 15 is 0 Å². The van der Waals surface area contributed by atoms with E-state index in [1.54, 1.807) is 12.3 Å². The molecule has 1 aromatic carbocycles. The second kappa shape index (κ2) is 3.09. The van der Waals surface area contributed by atoms with Gasteiger partial charge in [0.15, 0.2) is 5.82 Å². The number of nitrogens with one attached hydrogen (secondary N) is 1. The minimum absolute atomic E-state index is 0.278. The normalized spacial score (nSPS) is 11.0. The molecule has 3 rings (SSSR count). The molecule has 0 aliphatic rings. The van der Waals surface area contributed by atoms with Crippen LogP contribution in [0.15, 0.2) is 24.4 Å². The molecule has 0 aliphatic carbocycles. The molecular formula is C9H5FN4S. The molecule has 0 aliphatic heterocycles. The average molecular weight is 220 g/mol. The van der Waals surface area contributed by atoms with Crippen molar-refractivity contribution in [3.63, 3.8) is 0 Å². The zero-order valence-corrected chi connectivity index (χ0v) is 8.25. The molecule has 0 fully saturated rings. The largest absolute Gasteiger partial charge is 0.337 e. The van der Waals surface area contributed by atoms with Crippen molar-refractivity contribution < 1.29 is 4.39 Å². The standard InChI is InChI=1S/C9H5FN4S/c10-5-1-2-6-7(3-5)13-9(12-6)8-4-11-14-15-8/h1-4H,(H,12,13). The van der Waals surface area contributed by atoms with E-state index in [4.69, 9.17) is 0 Å². The number of hydrogen-bond acceptors (Lipinski definition) is 4. The first-order valence-electron chi connectivity index (χ1n) is 4.26. The molecule has 0 atom stereocenters. The van der Waals surface area contributed by atoms with Crippen molar-refractivity contribution >= 4 is 22.6 Å². The maximum absolute atomic E-state index is 12.9. The summed E-state index contributed by atoms with van der Waals surface area (Å²) in [4.78, 5) is 8.16. The predicted molar refractivity (Wildman–Crippen MR) is 55.0 cm³/mol. The van der Waals surface area contributed by atoms with Gasteiger partial charge in [-0.2, -0.15) is 0 Å². The lowest BCUT2D eigenvalue weighted by Gasteiger charge is -1.86. The molecular weight excluding hydrogens is 215 g/mol. The molecule has 0 saturated carbocycles. The molecule has 0 bridgehead atoms. The number of imidazole rings is 1. The molecule has 0 radical (unpaired) electrons. The molecule has 6 heteroatoms. The second-order valence-corrected chi connectivity index (χ2v) is 3.81. The fourth-order valence-electron chi connectivity index (χ4n) is 1.37. The maximum Gasteiger partial charge on any atom is 0.151 e. The van der Waals surface area contributed by atoms with Crippen LogP contribution in [0, 0.1) is 5.82 Å². The van der Waals surface area contributed by atoms with Gasteiger partial charge in [0, 0.05) is 0 Å². The van der Waals surface area contributed by atoms with Gasteiger partial charge in [-0.3, -0.25) is 0 Å². The van der Waals surface area contributed by atoms with E-state index in [0.29, 0.717) is 11.3 Å². The third-order valence-electron chi connectivity index (χ3n) is 2.04. The summed E-state index contributed by atoms with van der Waals surface area (Å²) < 4.78 is 16.7. The number of nitrogens with zero attached hydrogens (tertiary/aromatic N) is 3. The lowest BCUT2D eigenvalue weighted by molar-refractivity contribution is 0.629. The van der Waals surface area contributed by atoms with Crippen molar-refractivity contribution in [2.75, 3.05) is 0 Å². The van der Waals surface area contributed by atoms with E-state index in [9.17, 15) is 4.39 Å². The van der Waals surface area contributed by atoms with Crippen molar-refractivity contribution in [3.8, 4) is 10.7 Å². The fraction of sp³-hybridized carbons (Fsp3) is 0. The van der Waals surface area contributed by atoms with Gasteiger partial charge < -0.3 is 4.98 Å². The first-order chi connectivity index (χ1) is 7.33. The highest BCUT2D eigenvalue weighted by molar-refractivity contribution is 7.09. The summed E-state index contributed by atoms with van der Waals surface area (Å²) >= 11 is 1.25. The van der Waals surface area contributed by atoms with Gasteiger partial charge >= 0.3 is 0 Å². The van der Waals surface area contributed by atoms with Gasteiger partial charge in [0.25, 0.3) is 0 Å². The molecule has 0 unspecified atom stereocenters. The van der Waals surface area contributed by atoms with Crippen LogP contribution in [0.4, 0.5) is 4.39 Å². The quantitative estimate of drug-likeness (QED) is 0.684. The van der Waals surface area contributed by atoms with E-state index in [-0.39, 0.29) is 5.82 Å². The summed E-state index contributed by atoms with van der Waals surface area (Å²) in [5.74, 6) is 0.394. The summed E-state index contributed by atoms with van der Waals surface area (Å²) in [7, 11) is 0. The Morgan fingerprint density at radius 2 is 2.27 bits per heavy atom. The number of aromatic amines is 1. The van der Waals surface area contributed by atoms with Crippen molar-refractivity contribution in [1.82, 2.24) is 19.6 Å². The number of rotatable bonds is 1. The Labute approximate surface area is 88.0 Å². The van der Waals surface area contributed by atoms with Crippen LogP contribution in [0.5, 0.6) is 0 Å².